The summed E-state index contributed by atoms with van der Waals surface area (Å²) in [4.78, 5) is -3.37. The van der Waals surface area contributed by atoms with Crippen molar-refractivity contribution in [1.29, 1.82) is 0 Å². The molecule has 8 N–H and O–H groups in total. The Hall–Kier alpha value is -6.12. The summed E-state index contributed by atoms with van der Waals surface area (Å²) >= 11 is 0. The Balaban J connectivity index is 1.33. The number of nitrogens with zero attached hydrogens (tertiary/aromatic N) is 4. The van der Waals surface area contributed by atoms with Crippen molar-refractivity contribution >= 4 is 84.8 Å². The number of hydrogen-bond acceptors (Lipinski definition) is 16. The fraction of sp³-hybridized carbons (Fsp3) is 0. The van der Waals surface area contributed by atoms with Crippen LogP contribution in [0.25, 0.3) is 32.7 Å². The van der Waals surface area contributed by atoms with Gasteiger partial charge in [-0.15, -0.1) is 20.5 Å². The average molecular weight is 847 g/mol. The van der Waals surface area contributed by atoms with Crippen LogP contribution in [-0.4, -0.2) is 72.3 Å². The van der Waals surface area contributed by atoms with E-state index in [1.807, 2.05) is 0 Å². The molecule has 0 atom stereocenters. The molecule has 56 heavy (non-hydrogen) atoms. The monoisotopic (exact) mass is 846 g/mol. The maximum atomic E-state index is 11.9. The molecule has 0 unspecified atom stereocenters. The summed E-state index contributed by atoms with van der Waals surface area (Å²) in [5.74, 6) is -3.16. The smallest absolute Gasteiger partial charge is 0.298 e. The molecule has 6 rings (SSSR count). The molecule has 6 aromatic rings. The number of azo groups is 2. The lowest BCUT2D eigenvalue weighted by Gasteiger charge is -2.10. The predicted molar refractivity (Wildman–Crippen MR) is 194 cm³/mol. The maximum absolute atomic E-state index is 11.9. The maximum Gasteiger partial charge on any atom is 0.298 e. The molecule has 0 aliphatic heterocycles. The number of benzene rings is 6. The van der Waals surface area contributed by atoms with Crippen molar-refractivity contribution in [2.24, 2.45) is 20.5 Å². The highest BCUT2D eigenvalue weighted by Gasteiger charge is 2.25. The third kappa shape index (κ3) is 7.84. The van der Waals surface area contributed by atoms with Gasteiger partial charge in [0.15, 0.2) is 11.5 Å². The van der Waals surface area contributed by atoms with Crippen molar-refractivity contribution in [2.45, 2.75) is 19.6 Å². The van der Waals surface area contributed by atoms with Crippen LogP contribution in [-0.2, 0) is 40.5 Å². The molecular formula is C32H22N4O16S4. The van der Waals surface area contributed by atoms with Crippen LogP contribution in [0.1, 0.15) is 0 Å². The zero-order valence-electron chi connectivity index (χ0n) is 27.3. The van der Waals surface area contributed by atoms with Gasteiger partial charge in [-0.05, 0) is 82.6 Å². The molecule has 0 aliphatic rings. The summed E-state index contributed by atoms with van der Waals surface area (Å²) in [7, 11) is -19.6. The second-order valence-corrected chi connectivity index (χ2v) is 17.2. The van der Waals surface area contributed by atoms with E-state index in [4.69, 9.17) is 0 Å². The SMILES string of the molecule is O=S(=O)(O)c1ccc2c(N=Nc3ccc(-c4ccc(N=Nc5c(O)c(S(=O)(=O)O)cc6cc(S(=O)(=O)O)ccc56)c(O)c4)cc3O)c(O)c(S(=O)(=O)O)cc2c1. The largest absolute Gasteiger partial charge is 0.506 e. The van der Waals surface area contributed by atoms with Gasteiger partial charge in [-0.25, -0.2) is 0 Å². The minimum Gasteiger partial charge on any atom is -0.506 e. The Morgan fingerprint density at radius 3 is 1.05 bits per heavy atom. The van der Waals surface area contributed by atoms with Crippen LogP contribution in [0.4, 0.5) is 22.7 Å². The topological polar surface area (TPSA) is 348 Å². The quantitative estimate of drug-likeness (QED) is 0.0584. The Kier molecular flexibility index (Phi) is 9.80. The van der Waals surface area contributed by atoms with Gasteiger partial charge >= 0.3 is 0 Å². The van der Waals surface area contributed by atoms with Crippen LogP contribution in [0.2, 0.25) is 0 Å². The van der Waals surface area contributed by atoms with E-state index in [1.54, 1.807) is 0 Å². The summed E-state index contributed by atoms with van der Waals surface area (Å²) < 4.78 is 132. The average Bonchev–Trinajstić information content (AvgIpc) is 3.09. The number of hydrogen-bond donors (Lipinski definition) is 8. The van der Waals surface area contributed by atoms with E-state index in [0.29, 0.717) is 0 Å². The zero-order chi connectivity index (χ0) is 41.1. The Morgan fingerprint density at radius 2 is 0.750 bits per heavy atom. The first kappa shape index (κ1) is 39.6. The van der Waals surface area contributed by atoms with Crippen molar-refractivity contribution in [3.05, 3.63) is 84.9 Å². The normalized spacial score (nSPS) is 13.0. The van der Waals surface area contributed by atoms with Crippen molar-refractivity contribution in [1.82, 2.24) is 0 Å². The number of rotatable bonds is 9. The molecular weight excluding hydrogens is 825 g/mol. The van der Waals surface area contributed by atoms with Gasteiger partial charge < -0.3 is 20.4 Å². The highest BCUT2D eigenvalue weighted by molar-refractivity contribution is 7.86. The first-order chi connectivity index (χ1) is 25.9. The van der Waals surface area contributed by atoms with Gasteiger partial charge in [-0.2, -0.15) is 33.7 Å². The van der Waals surface area contributed by atoms with E-state index in [-0.39, 0.29) is 44.0 Å². The summed E-state index contributed by atoms with van der Waals surface area (Å²) in [5, 5.41) is 57.6. The van der Waals surface area contributed by atoms with E-state index in [0.717, 1.165) is 48.5 Å². The van der Waals surface area contributed by atoms with E-state index >= 15 is 0 Å². The van der Waals surface area contributed by atoms with Crippen molar-refractivity contribution in [2.75, 3.05) is 0 Å². The molecule has 290 valence electrons. The Bertz CT molecular complexity index is 2970. The van der Waals surface area contributed by atoms with E-state index in [1.165, 1.54) is 36.4 Å². The zero-order valence-corrected chi connectivity index (χ0v) is 30.6. The van der Waals surface area contributed by atoms with Gasteiger partial charge in [0.05, 0.1) is 9.79 Å². The predicted octanol–water partition coefficient (Wildman–Crippen LogP) is 6.30. The molecule has 0 heterocycles. The van der Waals surface area contributed by atoms with Crippen LogP contribution in [0, 0.1) is 0 Å². The lowest BCUT2D eigenvalue weighted by molar-refractivity contribution is 0.443. The molecule has 0 bridgehead atoms. The lowest BCUT2D eigenvalue weighted by atomic mass is 10.0. The van der Waals surface area contributed by atoms with E-state index < -0.39 is 94.4 Å². The third-order valence-corrected chi connectivity index (χ3v) is 11.4. The van der Waals surface area contributed by atoms with Crippen molar-refractivity contribution in [3.8, 4) is 34.1 Å². The minimum absolute atomic E-state index is 0.0595. The summed E-state index contributed by atoms with van der Waals surface area (Å²) in [6.07, 6.45) is 0. The van der Waals surface area contributed by atoms with Crippen LogP contribution in [0.5, 0.6) is 23.0 Å². The van der Waals surface area contributed by atoms with Gasteiger partial charge in [-0.3, -0.25) is 18.2 Å². The molecule has 20 nitrogen and oxygen atoms in total. The van der Waals surface area contributed by atoms with Gasteiger partial charge in [0.2, 0.25) is 0 Å². The molecule has 0 spiro atoms. The van der Waals surface area contributed by atoms with Crippen LogP contribution in [0.3, 0.4) is 0 Å². The molecule has 0 aromatic heterocycles. The highest BCUT2D eigenvalue weighted by Crippen LogP contribution is 2.45. The molecule has 0 fully saturated rings. The van der Waals surface area contributed by atoms with E-state index in [2.05, 4.69) is 20.5 Å². The van der Waals surface area contributed by atoms with Crippen LogP contribution in [0.15, 0.2) is 125 Å². The second kappa shape index (κ2) is 13.9. The molecule has 0 saturated carbocycles. The lowest BCUT2D eigenvalue weighted by Crippen LogP contribution is -2.00. The Labute approximate surface area is 315 Å². The van der Waals surface area contributed by atoms with Gasteiger partial charge in [0, 0.05) is 10.8 Å². The van der Waals surface area contributed by atoms with Crippen LogP contribution < -0.4 is 0 Å². The first-order valence-corrected chi connectivity index (χ1v) is 20.7. The Morgan fingerprint density at radius 1 is 0.393 bits per heavy atom. The van der Waals surface area contributed by atoms with E-state index in [9.17, 15) is 72.3 Å². The fourth-order valence-corrected chi connectivity index (χ4v) is 7.62. The fourth-order valence-electron chi connectivity index (χ4n) is 5.36. The van der Waals surface area contributed by atoms with Gasteiger partial charge in [0.25, 0.3) is 40.5 Å². The second-order valence-electron chi connectivity index (χ2n) is 11.6. The number of fused-ring (bicyclic) bond motifs is 2. The van der Waals surface area contributed by atoms with Crippen molar-refractivity contribution < 1.29 is 72.3 Å². The summed E-state index contributed by atoms with van der Waals surface area (Å²) in [6, 6.07) is 14.9. The summed E-state index contributed by atoms with van der Waals surface area (Å²) in [6.45, 7) is 0. The molecule has 0 amide bonds. The molecule has 24 heteroatoms. The number of aromatic hydroxyl groups is 4. The molecule has 0 radical (unpaired) electrons. The molecule has 0 aliphatic carbocycles. The standard InChI is InChI=1S/C32H22N4O16S4/c37-25-11-15(1-7-23(25)33-35-29-21-5-3-19(53(41,42)43)9-17(21)13-27(31(29)39)55(47,48)49)16-2-8-24(26(38)12-16)34-36-30-22-6-4-20(54(44,45)46)10-18(22)14-28(32(30)40)56(50,51)52/h1-14,37-40H,(H,41,42,43)(H,44,45,46)(H,47,48,49)(H,50,51,52). The van der Waals surface area contributed by atoms with Gasteiger partial charge in [0.1, 0.15) is 44.0 Å². The minimum atomic E-state index is -5.09. The van der Waals surface area contributed by atoms with Gasteiger partial charge in [-0.1, -0.05) is 24.3 Å². The number of phenolic OH excluding ortho intramolecular Hbond substituents is 4. The molecule has 0 saturated heterocycles. The molecule has 6 aromatic carbocycles. The summed E-state index contributed by atoms with van der Waals surface area (Å²) in [5.41, 5.74) is -1.01. The first-order valence-electron chi connectivity index (χ1n) is 14.9. The third-order valence-electron chi connectivity index (χ3n) is 8.00. The highest BCUT2D eigenvalue weighted by atomic mass is 32.2. The number of phenols is 4. The van der Waals surface area contributed by atoms with Crippen molar-refractivity contribution in [3.63, 3.8) is 0 Å². The van der Waals surface area contributed by atoms with Crippen LogP contribution >= 0.6 is 0 Å².